The van der Waals surface area contributed by atoms with Crippen molar-refractivity contribution in [2.45, 2.75) is 57.4 Å². The summed E-state index contributed by atoms with van der Waals surface area (Å²) in [6.07, 6.45) is 14.6. The van der Waals surface area contributed by atoms with E-state index in [-0.39, 0.29) is 5.41 Å². The highest BCUT2D eigenvalue weighted by molar-refractivity contribution is 6.29. The van der Waals surface area contributed by atoms with Crippen LogP contribution >= 0.6 is 11.6 Å². The Labute approximate surface area is 138 Å². The van der Waals surface area contributed by atoms with Crippen LogP contribution in [0, 0.1) is 11.3 Å². The Morgan fingerprint density at radius 3 is 2.73 bits per heavy atom. The molecule has 1 unspecified atom stereocenters. The summed E-state index contributed by atoms with van der Waals surface area (Å²) in [5, 5.41) is 0.939. The lowest BCUT2D eigenvalue weighted by atomic mass is 9.63. The van der Waals surface area contributed by atoms with Crippen LogP contribution in [0.25, 0.3) is 0 Å². The number of amides is 1. The number of nitrogens with zero attached hydrogens (tertiary/aromatic N) is 1. The quantitative estimate of drug-likeness (QED) is 0.863. The molecule has 1 atom stereocenters. The van der Waals surface area contributed by atoms with Crippen LogP contribution in [0.4, 0.5) is 0 Å². The van der Waals surface area contributed by atoms with Gasteiger partial charge >= 0.3 is 0 Å². The van der Waals surface area contributed by atoms with E-state index in [2.05, 4.69) is 17.1 Å². The molecule has 0 aromatic heterocycles. The topological polar surface area (TPSA) is 46.3 Å². The van der Waals surface area contributed by atoms with Gasteiger partial charge in [0.05, 0.1) is 0 Å². The van der Waals surface area contributed by atoms with Crippen molar-refractivity contribution in [3.8, 4) is 0 Å². The van der Waals surface area contributed by atoms with E-state index in [1.807, 2.05) is 6.08 Å². The lowest BCUT2D eigenvalue weighted by molar-refractivity contribution is -0.137. The van der Waals surface area contributed by atoms with Crippen molar-refractivity contribution in [3.05, 3.63) is 23.3 Å². The normalized spacial score (nSPS) is 36.4. The van der Waals surface area contributed by atoms with Crippen molar-refractivity contribution in [3.63, 3.8) is 0 Å². The Morgan fingerprint density at radius 1 is 1.32 bits per heavy atom. The Kier molecular flexibility index (Phi) is 4.94. The van der Waals surface area contributed by atoms with E-state index < -0.39 is 0 Å². The summed E-state index contributed by atoms with van der Waals surface area (Å²) < 4.78 is 0. The second-order valence-corrected chi connectivity index (χ2v) is 7.64. The molecule has 1 amide bonds. The summed E-state index contributed by atoms with van der Waals surface area (Å²) in [6, 6.07) is 0.436. The van der Waals surface area contributed by atoms with Crippen LogP contribution in [0.5, 0.6) is 0 Å². The first-order chi connectivity index (χ1) is 10.6. The van der Waals surface area contributed by atoms with Crippen molar-refractivity contribution < 1.29 is 4.79 Å². The monoisotopic (exact) mass is 322 g/mol. The van der Waals surface area contributed by atoms with Gasteiger partial charge in [0.2, 0.25) is 5.91 Å². The molecule has 1 saturated carbocycles. The zero-order chi connectivity index (χ0) is 15.6. The fourth-order valence-corrected chi connectivity index (χ4v) is 4.73. The van der Waals surface area contributed by atoms with Gasteiger partial charge in [0.25, 0.3) is 0 Å². The molecule has 0 aromatic carbocycles. The summed E-state index contributed by atoms with van der Waals surface area (Å²) in [5.41, 5.74) is 6.36. The first-order valence-corrected chi connectivity index (χ1v) is 9.05. The number of carbonyl (C=O) groups is 1. The first-order valence-electron chi connectivity index (χ1n) is 8.67. The van der Waals surface area contributed by atoms with E-state index in [1.165, 1.54) is 0 Å². The SMILES string of the molecule is NCC1(C2C=CC=C(Cl)C2)CCC(N2CCCCC2=O)CC1. The molecular weight excluding hydrogens is 296 g/mol. The number of hydrogen-bond acceptors (Lipinski definition) is 2. The number of likely N-dealkylation sites (tertiary alicyclic amines) is 1. The summed E-state index contributed by atoms with van der Waals surface area (Å²) in [4.78, 5) is 14.3. The molecule has 0 spiro atoms. The predicted octanol–water partition coefficient (Wildman–Crippen LogP) is 3.59. The Balaban J connectivity index is 1.65. The molecule has 2 fully saturated rings. The smallest absolute Gasteiger partial charge is 0.222 e. The van der Waals surface area contributed by atoms with E-state index >= 15 is 0 Å². The molecule has 1 heterocycles. The van der Waals surface area contributed by atoms with Gasteiger partial charge in [0, 0.05) is 24.0 Å². The molecule has 1 saturated heterocycles. The highest BCUT2D eigenvalue weighted by Crippen LogP contribution is 2.47. The third-order valence-corrected chi connectivity index (χ3v) is 6.26. The summed E-state index contributed by atoms with van der Waals surface area (Å²) in [7, 11) is 0. The van der Waals surface area contributed by atoms with E-state index in [0.717, 1.165) is 62.9 Å². The van der Waals surface area contributed by atoms with Gasteiger partial charge in [-0.15, -0.1) is 0 Å². The molecule has 2 N–H and O–H groups in total. The molecule has 0 radical (unpaired) electrons. The van der Waals surface area contributed by atoms with Gasteiger partial charge in [-0.1, -0.05) is 23.8 Å². The van der Waals surface area contributed by atoms with Crippen LogP contribution in [0.2, 0.25) is 0 Å². The largest absolute Gasteiger partial charge is 0.340 e. The van der Waals surface area contributed by atoms with Gasteiger partial charge in [-0.3, -0.25) is 4.79 Å². The van der Waals surface area contributed by atoms with Crippen LogP contribution in [0.1, 0.15) is 51.4 Å². The number of piperidine rings is 1. The minimum Gasteiger partial charge on any atom is -0.340 e. The minimum atomic E-state index is 0.167. The zero-order valence-corrected chi connectivity index (χ0v) is 14.0. The van der Waals surface area contributed by atoms with Crippen molar-refractivity contribution in [2.24, 2.45) is 17.1 Å². The van der Waals surface area contributed by atoms with E-state index in [4.69, 9.17) is 17.3 Å². The number of nitrogens with two attached hydrogens (primary N) is 1. The first kappa shape index (κ1) is 16.1. The van der Waals surface area contributed by atoms with Crippen molar-refractivity contribution >= 4 is 17.5 Å². The minimum absolute atomic E-state index is 0.167. The van der Waals surface area contributed by atoms with Gasteiger partial charge in [0.1, 0.15) is 0 Å². The molecule has 0 bridgehead atoms. The second kappa shape index (κ2) is 6.76. The van der Waals surface area contributed by atoms with Crippen LogP contribution in [0.15, 0.2) is 23.3 Å². The number of allylic oxidation sites excluding steroid dienone is 4. The van der Waals surface area contributed by atoms with Crippen LogP contribution in [-0.2, 0) is 4.79 Å². The van der Waals surface area contributed by atoms with Crippen molar-refractivity contribution in [2.75, 3.05) is 13.1 Å². The maximum atomic E-state index is 12.1. The molecular formula is C18H27ClN2O. The molecule has 3 aliphatic rings. The molecule has 3 rings (SSSR count). The third-order valence-electron chi connectivity index (χ3n) is 5.98. The third kappa shape index (κ3) is 3.11. The van der Waals surface area contributed by atoms with E-state index in [1.54, 1.807) is 0 Å². The second-order valence-electron chi connectivity index (χ2n) is 7.15. The molecule has 4 heteroatoms. The number of halogens is 1. The maximum Gasteiger partial charge on any atom is 0.222 e. The number of hydrogen-bond donors (Lipinski definition) is 1. The molecule has 1 aliphatic heterocycles. The Morgan fingerprint density at radius 2 is 2.09 bits per heavy atom. The zero-order valence-electron chi connectivity index (χ0n) is 13.3. The van der Waals surface area contributed by atoms with E-state index in [0.29, 0.717) is 24.4 Å². The summed E-state index contributed by atoms with van der Waals surface area (Å²) in [5.74, 6) is 0.813. The molecule has 3 nitrogen and oxygen atoms in total. The van der Waals surface area contributed by atoms with Gasteiger partial charge in [-0.05, 0) is 68.9 Å². The van der Waals surface area contributed by atoms with Crippen molar-refractivity contribution in [1.82, 2.24) is 4.90 Å². The molecule has 22 heavy (non-hydrogen) atoms. The summed E-state index contributed by atoms with van der Waals surface area (Å²) >= 11 is 6.24. The summed E-state index contributed by atoms with van der Waals surface area (Å²) in [6.45, 7) is 1.67. The lowest BCUT2D eigenvalue weighted by Crippen LogP contribution is -2.49. The average Bonchev–Trinajstić information content (AvgIpc) is 2.55. The average molecular weight is 323 g/mol. The van der Waals surface area contributed by atoms with E-state index in [9.17, 15) is 4.79 Å². The fraction of sp³-hybridized carbons (Fsp3) is 0.722. The fourth-order valence-electron chi connectivity index (χ4n) is 4.49. The Bertz CT molecular complexity index is 477. The van der Waals surface area contributed by atoms with Gasteiger partial charge in [0.15, 0.2) is 0 Å². The van der Waals surface area contributed by atoms with Gasteiger partial charge in [-0.2, -0.15) is 0 Å². The standard InChI is InChI=1S/C18H27ClN2O/c19-15-5-3-4-14(12-15)18(13-20)9-7-16(8-10-18)21-11-2-1-6-17(21)22/h3-5,14,16H,1-2,6-13,20H2. The molecule has 0 aromatic rings. The van der Waals surface area contributed by atoms with Gasteiger partial charge < -0.3 is 10.6 Å². The number of carbonyl (C=O) groups excluding carboxylic acids is 1. The van der Waals surface area contributed by atoms with Crippen LogP contribution in [-0.4, -0.2) is 29.9 Å². The Hall–Kier alpha value is -0.800. The van der Waals surface area contributed by atoms with Crippen molar-refractivity contribution in [1.29, 1.82) is 0 Å². The lowest BCUT2D eigenvalue weighted by Gasteiger charge is -2.47. The maximum absolute atomic E-state index is 12.1. The van der Waals surface area contributed by atoms with Crippen LogP contribution in [0.3, 0.4) is 0 Å². The highest BCUT2D eigenvalue weighted by atomic mass is 35.5. The molecule has 122 valence electrons. The number of rotatable bonds is 3. The van der Waals surface area contributed by atoms with Gasteiger partial charge in [-0.25, -0.2) is 0 Å². The molecule has 2 aliphatic carbocycles. The van der Waals surface area contributed by atoms with Crippen LogP contribution < -0.4 is 5.73 Å². The predicted molar refractivity (Wildman–Crippen MR) is 90.5 cm³/mol. The highest BCUT2D eigenvalue weighted by Gasteiger charge is 2.42.